The molecule has 2 aromatic heterocycles. The molecule has 1 fully saturated rings. The topological polar surface area (TPSA) is 68.9 Å². The summed E-state index contributed by atoms with van der Waals surface area (Å²) in [5, 5.41) is 8.28. The van der Waals surface area contributed by atoms with Gasteiger partial charge in [-0.1, -0.05) is 25.7 Å². The third-order valence-corrected chi connectivity index (χ3v) is 5.11. The van der Waals surface area contributed by atoms with E-state index in [0.717, 1.165) is 23.9 Å². The van der Waals surface area contributed by atoms with Gasteiger partial charge >= 0.3 is 0 Å². The van der Waals surface area contributed by atoms with Crippen molar-refractivity contribution in [3.8, 4) is 0 Å². The molecule has 24 heavy (non-hydrogen) atoms. The highest BCUT2D eigenvalue weighted by Gasteiger charge is 2.22. The smallest absolute Gasteiger partial charge is 0.277 e. The van der Waals surface area contributed by atoms with E-state index in [4.69, 9.17) is 0 Å². The van der Waals surface area contributed by atoms with Gasteiger partial charge in [-0.05, 0) is 32.8 Å². The van der Waals surface area contributed by atoms with Crippen molar-refractivity contribution in [3.05, 3.63) is 28.3 Å². The van der Waals surface area contributed by atoms with Crippen LogP contribution < -0.4 is 10.9 Å². The minimum Gasteiger partial charge on any atom is -0.352 e. The number of amides is 1. The zero-order valence-corrected chi connectivity index (χ0v) is 14.7. The van der Waals surface area contributed by atoms with E-state index in [-0.39, 0.29) is 17.5 Å². The molecule has 3 rings (SSSR count). The summed E-state index contributed by atoms with van der Waals surface area (Å²) in [4.78, 5) is 25.4. The number of aromatic nitrogens is 3. The third-order valence-electron chi connectivity index (χ3n) is 5.11. The molecule has 130 valence electrons. The van der Waals surface area contributed by atoms with Crippen molar-refractivity contribution in [1.82, 2.24) is 19.7 Å². The quantitative estimate of drug-likeness (QED) is 0.879. The Morgan fingerprint density at radius 1 is 1.29 bits per heavy atom. The fraction of sp³-hybridized carbons (Fsp3) is 0.611. The highest BCUT2D eigenvalue weighted by Crippen LogP contribution is 2.19. The van der Waals surface area contributed by atoms with E-state index in [9.17, 15) is 9.59 Å². The molecule has 1 unspecified atom stereocenters. The number of nitrogens with zero attached hydrogens (tertiary/aromatic N) is 3. The Kier molecular flexibility index (Phi) is 4.73. The SMILES string of the molecule is Cc1nn(C)c2c(=O)n(C(C)C(=O)NC3CCCCCC3)ccc12. The molecule has 0 saturated heterocycles. The van der Waals surface area contributed by atoms with Crippen molar-refractivity contribution < 1.29 is 4.79 Å². The third kappa shape index (κ3) is 3.09. The van der Waals surface area contributed by atoms with E-state index in [1.807, 2.05) is 13.0 Å². The first kappa shape index (κ1) is 16.7. The average Bonchev–Trinajstić information content (AvgIpc) is 2.73. The van der Waals surface area contributed by atoms with Gasteiger partial charge in [-0.15, -0.1) is 0 Å². The fourth-order valence-corrected chi connectivity index (χ4v) is 3.65. The van der Waals surface area contributed by atoms with Crippen molar-refractivity contribution in [1.29, 1.82) is 0 Å². The van der Waals surface area contributed by atoms with Gasteiger partial charge in [-0.25, -0.2) is 0 Å². The predicted octanol–water partition coefficient (Wildman–Crippen LogP) is 2.44. The molecule has 0 bridgehead atoms. The average molecular weight is 330 g/mol. The van der Waals surface area contributed by atoms with E-state index in [2.05, 4.69) is 10.4 Å². The fourth-order valence-electron chi connectivity index (χ4n) is 3.65. The minimum atomic E-state index is -0.527. The molecule has 6 heteroatoms. The van der Waals surface area contributed by atoms with Crippen LogP contribution in [-0.2, 0) is 11.8 Å². The van der Waals surface area contributed by atoms with Crippen LogP contribution in [0.5, 0.6) is 0 Å². The summed E-state index contributed by atoms with van der Waals surface area (Å²) >= 11 is 0. The first-order valence-corrected chi connectivity index (χ1v) is 8.84. The summed E-state index contributed by atoms with van der Waals surface area (Å²) in [6.45, 7) is 3.66. The normalized spacial score (nSPS) is 17.6. The Morgan fingerprint density at radius 2 is 1.96 bits per heavy atom. The maximum Gasteiger partial charge on any atom is 0.277 e. The molecule has 1 atom stereocenters. The zero-order chi connectivity index (χ0) is 17.3. The van der Waals surface area contributed by atoms with E-state index in [0.29, 0.717) is 5.52 Å². The highest BCUT2D eigenvalue weighted by molar-refractivity contribution is 5.83. The molecule has 1 saturated carbocycles. The van der Waals surface area contributed by atoms with Crippen LogP contribution in [0, 0.1) is 6.92 Å². The molecule has 1 aliphatic rings. The molecule has 1 amide bonds. The molecule has 6 nitrogen and oxygen atoms in total. The first-order valence-electron chi connectivity index (χ1n) is 8.84. The molecule has 1 aliphatic carbocycles. The van der Waals surface area contributed by atoms with Crippen LogP contribution in [0.3, 0.4) is 0 Å². The molecule has 0 radical (unpaired) electrons. The lowest BCUT2D eigenvalue weighted by Gasteiger charge is -2.21. The Balaban J connectivity index is 1.84. The number of aryl methyl sites for hydroxylation is 2. The summed E-state index contributed by atoms with van der Waals surface area (Å²) < 4.78 is 3.11. The summed E-state index contributed by atoms with van der Waals surface area (Å²) in [6.07, 6.45) is 8.60. The lowest BCUT2D eigenvalue weighted by molar-refractivity contribution is -0.124. The van der Waals surface area contributed by atoms with Gasteiger partial charge in [-0.3, -0.25) is 14.3 Å². The number of carbonyl (C=O) groups excluding carboxylic acids is 1. The largest absolute Gasteiger partial charge is 0.352 e. The minimum absolute atomic E-state index is 0.0813. The van der Waals surface area contributed by atoms with Crippen LogP contribution in [0.15, 0.2) is 17.1 Å². The number of carbonyl (C=O) groups is 1. The van der Waals surface area contributed by atoms with Gasteiger partial charge in [-0.2, -0.15) is 5.10 Å². The number of pyridine rings is 1. The lowest BCUT2D eigenvalue weighted by Crippen LogP contribution is -2.41. The van der Waals surface area contributed by atoms with Gasteiger partial charge in [0.05, 0.1) is 5.69 Å². The van der Waals surface area contributed by atoms with Crippen LogP contribution in [0.4, 0.5) is 0 Å². The Morgan fingerprint density at radius 3 is 2.62 bits per heavy atom. The lowest BCUT2D eigenvalue weighted by atomic mass is 10.1. The summed E-state index contributed by atoms with van der Waals surface area (Å²) in [6, 6.07) is 1.58. The molecule has 2 aromatic rings. The van der Waals surface area contributed by atoms with Gasteiger partial charge in [0.1, 0.15) is 11.6 Å². The standard InChI is InChI=1S/C18H26N4O2/c1-12-15-10-11-22(18(24)16(15)21(3)20-12)13(2)17(23)19-14-8-6-4-5-7-9-14/h10-11,13-14H,4-9H2,1-3H3,(H,19,23). The van der Waals surface area contributed by atoms with Crippen molar-refractivity contribution in [2.75, 3.05) is 0 Å². The molecule has 0 spiro atoms. The second-order valence-corrected chi connectivity index (χ2v) is 6.87. The van der Waals surface area contributed by atoms with Gasteiger partial charge in [0.25, 0.3) is 5.56 Å². The van der Waals surface area contributed by atoms with Crippen molar-refractivity contribution in [3.63, 3.8) is 0 Å². The number of fused-ring (bicyclic) bond motifs is 1. The molecular weight excluding hydrogens is 304 g/mol. The summed E-state index contributed by atoms with van der Waals surface area (Å²) in [5.74, 6) is -0.0813. The van der Waals surface area contributed by atoms with Gasteiger partial charge in [0.15, 0.2) is 0 Å². The molecule has 0 aromatic carbocycles. The maximum atomic E-state index is 12.8. The van der Waals surface area contributed by atoms with E-state index in [1.165, 1.54) is 30.3 Å². The van der Waals surface area contributed by atoms with Crippen molar-refractivity contribution in [2.45, 2.75) is 64.5 Å². The van der Waals surface area contributed by atoms with Crippen LogP contribution in [0.1, 0.15) is 57.2 Å². The molecular formula is C18H26N4O2. The monoisotopic (exact) mass is 330 g/mol. The first-order chi connectivity index (χ1) is 11.5. The van der Waals surface area contributed by atoms with E-state index >= 15 is 0 Å². The van der Waals surface area contributed by atoms with Gasteiger partial charge in [0.2, 0.25) is 5.91 Å². The van der Waals surface area contributed by atoms with Crippen molar-refractivity contribution in [2.24, 2.45) is 7.05 Å². The Hall–Kier alpha value is -2.11. The second-order valence-electron chi connectivity index (χ2n) is 6.87. The van der Waals surface area contributed by atoms with E-state index in [1.54, 1.807) is 24.9 Å². The van der Waals surface area contributed by atoms with Crippen molar-refractivity contribution >= 4 is 16.8 Å². The molecule has 2 heterocycles. The number of hydrogen-bond acceptors (Lipinski definition) is 3. The molecule has 0 aliphatic heterocycles. The van der Waals surface area contributed by atoms with E-state index < -0.39 is 6.04 Å². The number of hydrogen-bond donors (Lipinski definition) is 1. The van der Waals surface area contributed by atoms with Crippen LogP contribution in [-0.4, -0.2) is 26.3 Å². The molecule has 1 N–H and O–H groups in total. The predicted molar refractivity (Wildman–Crippen MR) is 94.1 cm³/mol. The second kappa shape index (κ2) is 6.79. The number of nitrogens with one attached hydrogen (secondary N) is 1. The van der Waals surface area contributed by atoms with Crippen LogP contribution in [0.25, 0.3) is 10.9 Å². The highest BCUT2D eigenvalue weighted by atomic mass is 16.2. The maximum absolute atomic E-state index is 12.8. The summed E-state index contributed by atoms with van der Waals surface area (Å²) in [7, 11) is 1.76. The number of rotatable bonds is 3. The zero-order valence-electron chi connectivity index (χ0n) is 14.7. The van der Waals surface area contributed by atoms with Crippen LogP contribution >= 0.6 is 0 Å². The van der Waals surface area contributed by atoms with Gasteiger partial charge < -0.3 is 9.88 Å². The van der Waals surface area contributed by atoms with Gasteiger partial charge in [0, 0.05) is 24.7 Å². The summed E-state index contributed by atoms with van der Waals surface area (Å²) in [5.41, 5.74) is 1.20. The van der Waals surface area contributed by atoms with Crippen LogP contribution in [0.2, 0.25) is 0 Å². The Bertz CT molecular complexity index is 797. The Labute approximate surface area is 141 Å².